The van der Waals surface area contributed by atoms with E-state index in [4.69, 9.17) is 0 Å². The number of benzene rings is 2. The Kier molecular flexibility index (Phi) is 3.24. The van der Waals surface area contributed by atoms with Crippen LogP contribution in [0, 0.1) is 23.7 Å². The van der Waals surface area contributed by atoms with Crippen LogP contribution in [0.1, 0.15) is 6.42 Å². The van der Waals surface area contributed by atoms with E-state index >= 15 is 0 Å². The summed E-state index contributed by atoms with van der Waals surface area (Å²) in [6, 6.07) is 13.7. The van der Waals surface area contributed by atoms with Crippen molar-refractivity contribution < 1.29 is 9.59 Å². The van der Waals surface area contributed by atoms with Crippen LogP contribution in [0.4, 0.5) is 5.69 Å². The lowest BCUT2D eigenvalue weighted by Crippen LogP contribution is -2.37. The molecule has 1 heterocycles. The first-order chi connectivity index (χ1) is 11.6. The molecule has 2 aromatic rings. The summed E-state index contributed by atoms with van der Waals surface area (Å²) in [7, 11) is 0. The van der Waals surface area contributed by atoms with Gasteiger partial charge < -0.3 is 0 Å². The molecule has 122 valence electrons. The van der Waals surface area contributed by atoms with Gasteiger partial charge in [0.05, 0.1) is 17.5 Å². The van der Waals surface area contributed by atoms with Crippen LogP contribution in [0.2, 0.25) is 0 Å². The molecule has 24 heavy (non-hydrogen) atoms. The second-order valence-electron chi connectivity index (χ2n) is 7.01. The van der Waals surface area contributed by atoms with Crippen molar-refractivity contribution >= 4 is 60.1 Å². The van der Waals surface area contributed by atoms with Gasteiger partial charge in [0.15, 0.2) is 0 Å². The molecular weight excluding hydrogens is 434 g/mol. The lowest BCUT2D eigenvalue weighted by molar-refractivity contribution is -0.123. The fourth-order valence-corrected chi connectivity index (χ4v) is 6.86. The molecule has 5 heteroatoms. The van der Waals surface area contributed by atoms with Gasteiger partial charge in [0.25, 0.3) is 0 Å². The largest absolute Gasteiger partial charge is 0.274 e. The number of alkyl halides is 2. The van der Waals surface area contributed by atoms with Gasteiger partial charge in [0, 0.05) is 15.0 Å². The van der Waals surface area contributed by atoms with E-state index in [1.807, 2.05) is 42.5 Å². The third-order valence-corrected chi connectivity index (χ3v) is 9.20. The second kappa shape index (κ2) is 5.15. The molecule has 0 unspecified atom stereocenters. The van der Waals surface area contributed by atoms with Gasteiger partial charge in [-0.15, -0.1) is 0 Å². The number of imide groups is 1. The molecule has 2 bridgehead atoms. The number of hydrogen-bond donors (Lipinski definition) is 0. The highest BCUT2D eigenvalue weighted by Crippen LogP contribution is 2.60. The van der Waals surface area contributed by atoms with E-state index in [0.717, 1.165) is 22.9 Å². The van der Waals surface area contributed by atoms with Crippen molar-refractivity contribution in [1.82, 2.24) is 0 Å². The minimum Gasteiger partial charge on any atom is -0.274 e. The Balaban J connectivity index is 1.64. The molecule has 2 aliphatic carbocycles. The van der Waals surface area contributed by atoms with Crippen LogP contribution < -0.4 is 4.90 Å². The highest BCUT2D eigenvalue weighted by Gasteiger charge is 2.66. The maximum absolute atomic E-state index is 13.2. The smallest absolute Gasteiger partial charge is 0.238 e. The first-order valence-electron chi connectivity index (χ1n) is 8.23. The number of fused-ring (bicyclic) bond motifs is 6. The molecule has 6 atom stereocenters. The van der Waals surface area contributed by atoms with E-state index < -0.39 is 0 Å². The maximum Gasteiger partial charge on any atom is 0.238 e. The van der Waals surface area contributed by atoms with Crippen molar-refractivity contribution in [3.8, 4) is 0 Å². The normalized spacial score (nSPS) is 37.5. The van der Waals surface area contributed by atoms with Gasteiger partial charge >= 0.3 is 0 Å². The highest BCUT2D eigenvalue weighted by molar-refractivity contribution is 9.12. The molecule has 3 fully saturated rings. The molecule has 0 spiro atoms. The molecular formula is C19H15Br2NO2. The maximum atomic E-state index is 13.2. The molecule has 3 aliphatic rings. The molecule has 2 aromatic carbocycles. The van der Waals surface area contributed by atoms with Crippen molar-refractivity contribution in [1.29, 1.82) is 0 Å². The first kappa shape index (κ1) is 15.1. The van der Waals surface area contributed by atoms with Gasteiger partial charge in [-0.1, -0.05) is 68.3 Å². The topological polar surface area (TPSA) is 37.4 Å². The van der Waals surface area contributed by atoms with Gasteiger partial charge in [0.1, 0.15) is 0 Å². The van der Waals surface area contributed by atoms with E-state index in [0.29, 0.717) is 0 Å². The zero-order valence-corrected chi connectivity index (χ0v) is 15.9. The summed E-state index contributed by atoms with van der Waals surface area (Å²) < 4.78 is 0. The zero-order chi connectivity index (χ0) is 16.6. The number of amides is 2. The van der Waals surface area contributed by atoms with E-state index in [2.05, 4.69) is 31.9 Å². The Labute approximate surface area is 156 Å². The number of hydrogen-bond acceptors (Lipinski definition) is 2. The Morgan fingerprint density at radius 2 is 1.42 bits per heavy atom. The van der Waals surface area contributed by atoms with Crippen molar-refractivity contribution in [2.24, 2.45) is 23.7 Å². The average molecular weight is 449 g/mol. The molecule has 0 radical (unpaired) electrons. The molecule has 0 N–H and O–H groups in total. The number of anilines is 1. The van der Waals surface area contributed by atoms with Gasteiger partial charge in [0.2, 0.25) is 11.8 Å². The number of rotatable bonds is 1. The third kappa shape index (κ3) is 1.77. The van der Waals surface area contributed by atoms with Crippen molar-refractivity contribution in [3.63, 3.8) is 0 Å². The molecule has 2 saturated carbocycles. The van der Waals surface area contributed by atoms with Gasteiger partial charge in [-0.3, -0.25) is 9.59 Å². The number of halogens is 2. The summed E-state index contributed by atoms with van der Waals surface area (Å²) >= 11 is 7.46. The summed E-state index contributed by atoms with van der Waals surface area (Å²) in [6.45, 7) is 0. The van der Waals surface area contributed by atoms with E-state index in [9.17, 15) is 9.59 Å². The Hall–Kier alpha value is -1.20. The average Bonchev–Trinajstić information content (AvgIpc) is 3.20. The number of nitrogens with zero attached hydrogens (tertiary/aromatic N) is 1. The molecule has 0 aromatic heterocycles. The molecule has 1 aliphatic heterocycles. The summed E-state index contributed by atoms with van der Waals surface area (Å²) in [4.78, 5) is 28.3. The lowest BCUT2D eigenvalue weighted by atomic mass is 9.81. The Morgan fingerprint density at radius 3 is 2.08 bits per heavy atom. The van der Waals surface area contributed by atoms with E-state index in [1.54, 1.807) is 0 Å². The monoisotopic (exact) mass is 447 g/mol. The predicted octanol–water partition coefficient (Wildman–Crippen LogP) is 4.12. The summed E-state index contributed by atoms with van der Waals surface area (Å²) in [5.41, 5.74) is 0.731. The predicted molar refractivity (Wildman–Crippen MR) is 100 cm³/mol. The molecule has 3 nitrogen and oxygen atoms in total. The Morgan fingerprint density at radius 1 is 0.833 bits per heavy atom. The summed E-state index contributed by atoms with van der Waals surface area (Å²) in [6.07, 6.45) is 0.960. The standard InChI is InChI=1S/C19H15Br2NO2/c20-16-11-8-12(17(16)21)15-14(11)18(23)22(19(15)24)13-7-3-5-9-4-1-2-6-10(9)13/h1-7,11-12,14-17H,8H2/t11-,12-,14-,15-,16+,17+/m1/s1. The first-order valence-corrected chi connectivity index (χ1v) is 10.1. The van der Waals surface area contributed by atoms with Crippen LogP contribution in [0.3, 0.4) is 0 Å². The zero-order valence-electron chi connectivity index (χ0n) is 12.7. The minimum atomic E-state index is -0.167. The van der Waals surface area contributed by atoms with Crippen LogP contribution in [-0.4, -0.2) is 21.5 Å². The van der Waals surface area contributed by atoms with Crippen LogP contribution in [0.5, 0.6) is 0 Å². The van der Waals surface area contributed by atoms with Crippen molar-refractivity contribution in [2.75, 3.05) is 4.90 Å². The van der Waals surface area contributed by atoms with Gasteiger partial charge in [-0.2, -0.15) is 0 Å². The van der Waals surface area contributed by atoms with Crippen molar-refractivity contribution in [2.45, 2.75) is 16.1 Å². The van der Waals surface area contributed by atoms with E-state index in [1.165, 1.54) is 4.90 Å². The fourth-order valence-electron chi connectivity index (χ4n) is 4.99. The van der Waals surface area contributed by atoms with Crippen LogP contribution >= 0.6 is 31.9 Å². The van der Waals surface area contributed by atoms with Gasteiger partial charge in [-0.05, 0) is 29.7 Å². The number of carbonyl (C=O) groups is 2. The molecule has 2 amide bonds. The Bertz CT molecular complexity index is 845. The molecule has 5 rings (SSSR count). The lowest BCUT2D eigenvalue weighted by Gasteiger charge is -2.28. The molecule has 1 saturated heterocycles. The third-order valence-electron chi connectivity index (χ3n) is 5.99. The summed E-state index contributed by atoms with van der Waals surface area (Å²) in [5.74, 6) is 0.135. The van der Waals surface area contributed by atoms with Crippen LogP contribution in [0.25, 0.3) is 10.8 Å². The van der Waals surface area contributed by atoms with E-state index in [-0.39, 0.29) is 45.1 Å². The SMILES string of the molecule is O=C1[C@@H]2[C@H]3C[C@@H]([C@H](Br)[C@H]3Br)[C@H]2C(=O)N1c1cccc2ccccc12. The van der Waals surface area contributed by atoms with Gasteiger partial charge in [-0.25, -0.2) is 4.90 Å². The highest BCUT2D eigenvalue weighted by atomic mass is 79.9. The van der Waals surface area contributed by atoms with Crippen molar-refractivity contribution in [3.05, 3.63) is 42.5 Å². The quantitative estimate of drug-likeness (QED) is 0.486. The fraction of sp³-hybridized carbons (Fsp3) is 0.368. The van der Waals surface area contributed by atoms with Crippen LogP contribution in [0.15, 0.2) is 42.5 Å². The number of carbonyl (C=O) groups excluding carboxylic acids is 2. The van der Waals surface area contributed by atoms with Crippen LogP contribution in [-0.2, 0) is 9.59 Å². The summed E-state index contributed by atoms with van der Waals surface area (Å²) in [5, 5.41) is 2.01. The minimum absolute atomic E-state index is 0.0160. The second-order valence-corrected chi connectivity index (χ2v) is 9.13.